The summed E-state index contributed by atoms with van der Waals surface area (Å²) in [5.74, 6) is -5.85. The molecule has 8 nitrogen and oxygen atoms in total. The Morgan fingerprint density at radius 1 is 0.810 bits per heavy atom. The van der Waals surface area contributed by atoms with E-state index in [1.54, 1.807) is 20.8 Å². The van der Waals surface area contributed by atoms with Gasteiger partial charge in [-0.25, -0.2) is 0 Å². The van der Waals surface area contributed by atoms with Crippen LogP contribution in [0.1, 0.15) is 40.0 Å². The molecule has 2 unspecified atom stereocenters. The third kappa shape index (κ3) is 11.4. The molecule has 0 amide bonds. The predicted octanol–water partition coefficient (Wildman–Crippen LogP) is 1.39. The van der Waals surface area contributed by atoms with Gasteiger partial charge >= 0.3 is 23.9 Å². The van der Waals surface area contributed by atoms with Gasteiger partial charge in [-0.2, -0.15) is 0 Å². The minimum atomic E-state index is -1.06. The highest BCUT2D eigenvalue weighted by Crippen LogP contribution is 2.14. The number of carboxylic acids is 4. The van der Waals surface area contributed by atoms with Gasteiger partial charge in [0.2, 0.25) is 0 Å². The van der Waals surface area contributed by atoms with E-state index in [-0.39, 0.29) is 18.8 Å². The van der Waals surface area contributed by atoms with Gasteiger partial charge in [0.1, 0.15) is 0 Å². The van der Waals surface area contributed by atoms with Crippen molar-refractivity contribution in [3.05, 3.63) is 0 Å². The molecule has 0 heterocycles. The van der Waals surface area contributed by atoms with E-state index in [0.29, 0.717) is 6.42 Å². The summed E-state index contributed by atoms with van der Waals surface area (Å²) in [5, 5.41) is 33.4. The highest BCUT2D eigenvalue weighted by atomic mass is 16.4. The molecule has 0 aromatic rings. The van der Waals surface area contributed by atoms with E-state index in [1.807, 2.05) is 0 Å². The van der Waals surface area contributed by atoms with Gasteiger partial charge in [0.05, 0.1) is 24.7 Å². The summed E-state index contributed by atoms with van der Waals surface area (Å²) in [6, 6.07) is 0. The van der Waals surface area contributed by atoms with Crippen LogP contribution in [0.25, 0.3) is 0 Å². The largest absolute Gasteiger partial charge is 0.481 e. The minimum absolute atomic E-state index is 0.136. The van der Waals surface area contributed by atoms with Crippen molar-refractivity contribution in [2.24, 2.45) is 17.8 Å². The number of hydrogen-bond acceptors (Lipinski definition) is 4. The Bertz CT molecular complexity index is 374. The second kappa shape index (κ2) is 10.6. The Balaban J connectivity index is 0. The molecule has 2 atom stereocenters. The molecule has 0 aromatic heterocycles. The van der Waals surface area contributed by atoms with Crippen LogP contribution in [0.2, 0.25) is 0 Å². The standard InChI is InChI=1S/C7H12O4.C6H10O4/c1-4(2)5(7(10)11)3-6(8)9;1-2-4(6(9)10)3-5(7)8/h4-5H,3H2,1-2H3,(H,8,9)(H,10,11);4H,2-3H2,1H3,(H,7,8)(H,9,10). The van der Waals surface area contributed by atoms with E-state index in [0.717, 1.165) is 0 Å². The lowest BCUT2D eigenvalue weighted by Gasteiger charge is -2.12. The van der Waals surface area contributed by atoms with Gasteiger partial charge in [0.25, 0.3) is 0 Å². The zero-order valence-electron chi connectivity index (χ0n) is 12.3. The number of aliphatic carboxylic acids is 4. The van der Waals surface area contributed by atoms with Crippen LogP contribution in [0.3, 0.4) is 0 Å². The van der Waals surface area contributed by atoms with Gasteiger partial charge in [0, 0.05) is 0 Å². The molecule has 0 aromatic carbocycles. The Kier molecular flexibility index (Phi) is 10.7. The molecule has 0 fully saturated rings. The quantitative estimate of drug-likeness (QED) is 0.525. The number of carbonyl (C=O) groups is 4. The molecule has 122 valence electrons. The lowest BCUT2D eigenvalue weighted by Crippen LogP contribution is -2.22. The zero-order valence-corrected chi connectivity index (χ0v) is 12.3. The molecule has 0 aliphatic heterocycles. The van der Waals surface area contributed by atoms with Crippen molar-refractivity contribution in [3.8, 4) is 0 Å². The number of hydrogen-bond donors (Lipinski definition) is 4. The van der Waals surface area contributed by atoms with Crippen LogP contribution in [0.4, 0.5) is 0 Å². The maximum absolute atomic E-state index is 10.4. The predicted molar refractivity (Wildman–Crippen MR) is 71.9 cm³/mol. The van der Waals surface area contributed by atoms with Crippen LogP contribution < -0.4 is 0 Å². The summed E-state index contributed by atoms with van der Waals surface area (Å²) in [4.78, 5) is 40.8. The van der Waals surface area contributed by atoms with E-state index >= 15 is 0 Å². The van der Waals surface area contributed by atoms with Crippen molar-refractivity contribution in [1.82, 2.24) is 0 Å². The van der Waals surface area contributed by atoms with Crippen molar-refractivity contribution >= 4 is 23.9 Å². The van der Waals surface area contributed by atoms with Gasteiger partial charge in [-0.3, -0.25) is 19.2 Å². The average Bonchev–Trinajstić information content (AvgIpc) is 2.32. The molecule has 0 spiro atoms. The molecular formula is C13H22O8. The maximum Gasteiger partial charge on any atom is 0.307 e. The molecule has 0 radical (unpaired) electrons. The van der Waals surface area contributed by atoms with Gasteiger partial charge < -0.3 is 20.4 Å². The van der Waals surface area contributed by atoms with E-state index in [4.69, 9.17) is 20.4 Å². The summed E-state index contributed by atoms with van der Waals surface area (Å²) in [5.41, 5.74) is 0. The molecule has 0 bridgehead atoms. The lowest BCUT2D eigenvalue weighted by molar-refractivity contribution is -0.149. The van der Waals surface area contributed by atoms with E-state index < -0.39 is 35.7 Å². The Labute approximate surface area is 122 Å². The maximum atomic E-state index is 10.4. The van der Waals surface area contributed by atoms with Gasteiger partial charge in [0.15, 0.2) is 0 Å². The lowest BCUT2D eigenvalue weighted by atomic mass is 9.93. The summed E-state index contributed by atoms with van der Waals surface area (Å²) < 4.78 is 0. The summed E-state index contributed by atoms with van der Waals surface area (Å²) in [6.07, 6.45) is -0.222. The van der Waals surface area contributed by atoms with E-state index in [1.165, 1.54) is 0 Å². The third-order valence-electron chi connectivity index (χ3n) is 2.78. The van der Waals surface area contributed by atoms with E-state index in [2.05, 4.69) is 0 Å². The summed E-state index contributed by atoms with van der Waals surface area (Å²) >= 11 is 0. The fourth-order valence-corrected chi connectivity index (χ4v) is 1.41. The van der Waals surface area contributed by atoms with Gasteiger partial charge in [-0.1, -0.05) is 20.8 Å². The van der Waals surface area contributed by atoms with Crippen LogP contribution in [0.5, 0.6) is 0 Å². The normalized spacial score (nSPS) is 12.8. The first kappa shape index (κ1) is 21.2. The van der Waals surface area contributed by atoms with Gasteiger partial charge in [-0.15, -0.1) is 0 Å². The number of carboxylic acid groups (broad SMARTS) is 4. The molecule has 4 N–H and O–H groups in total. The monoisotopic (exact) mass is 306 g/mol. The van der Waals surface area contributed by atoms with Crippen molar-refractivity contribution in [1.29, 1.82) is 0 Å². The van der Waals surface area contributed by atoms with Crippen LogP contribution in [-0.4, -0.2) is 44.3 Å². The van der Waals surface area contributed by atoms with Crippen LogP contribution in [0, 0.1) is 17.8 Å². The van der Waals surface area contributed by atoms with Crippen molar-refractivity contribution < 1.29 is 39.6 Å². The fourth-order valence-electron chi connectivity index (χ4n) is 1.41. The molecule has 0 aliphatic rings. The highest BCUT2D eigenvalue weighted by molar-refractivity contribution is 5.78. The average molecular weight is 306 g/mol. The first-order valence-electron chi connectivity index (χ1n) is 6.42. The first-order valence-corrected chi connectivity index (χ1v) is 6.42. The molecular weight excluding hydrogens is 284 g/mol. The first-order chi connectivity index (χ1) is 9.52. The van der Waals surface area contributed by atoms with E-state index in [9.17, 15) is 19.2 Å². The topological polar surface area (TPSA) is 149 Å². The van der Waals surface area contributed by atoms with Gasteiger partial charge in [-0.05, 0) is 12.3 Å². The molecule has 8 heteroatoms. The third-order valence-corrected chi connectivity index (χ3v) is 2.78. The second-order valence-corrected chi connectivity index (χ2v) is 4.83. The molecule has 21 heavy (non-hydrogen) atoms. The summed E-state index contributed by atoms with van der Waals surface area (Å²) in [7, 11) is 0. The van der Waals surface area contributed by atoms with Crippen molar-refractivity contribution in [2.75, 3.05) is 0 Å². The zero-order chi connectivity index (χ0) is 17.2. The molecule has 0 rings (SSSR count). The van der Waals surface area contributed by atoms with Crippen LogP contribution in [0.15, 0.2) is 0 Å². The smallest absolute Gasteiger partial charge is 0.307 e. The molecule has 0 saturated heterocycles. The number of rotatable bonds is 8. The Morgan fingerprint density at radius 3 is 1.33 bits per heavy atom. The summed E-state index contributed by atoms with van der Waals surface area (Å²) in [6.45, 7) is 5.05. The Hall–Kier alpha value is -2.12. The van der Waals surface area contributed by atoms with Crippen molar-refractivity contribution in [3.63, 3.8) is 0 Å². The van der Waals surface area contributed by atoms with Crippen molar-refractivity contribution in [2.45, 2.75) is 40.0 Å². The second-order valence-electron chi connectivity index (χ2n) is 4.83. The van der Waals surface area contributed by atoms with Crippen LogP contribution in [-0.2, 0) is 19.2 Å². The highest BCUT2D eigenvalue weighted by Gasteiger charge is 2.23. The SMILES string of the molecule is CC(C)C(CC(=O)O)C(=O)O.CCC(CC(=O)O)C(=O)O. The minimum Gasteiger partial charge on any atom is -0.481 e. The Morgan fingerprint density at radius 2 is 1.24 bits per heavy atom. The molecule has 0 saturated carbocycles. The molecule has 0 aliphatic carbocycles. The van der Waals surface area contributed by atoms with Crippen LogP contribution >= 0.6 is 0 Å². The fraction of sp³-hybridized carbons (Fsp3) is 0.692.